The first-order valence-corrected chi connectivity index (χ1v) is 12.6. The van der Waals surface area contributed by atoms with Crippen molar-refractivity contribution in [2.75, 3.05) is 31.5 Å². The Morgan fingerprint density at radius 1 is 1.00 bits per heavy atom. The molecular weight excluding hydrogens is 446 g/mol. The summed E-state index contributed by atoms with van der Waals surface area (Å²) in [6.45, 7) is 5.73. The molecule has 1 saturated heterocycles. The number of hydrogen-bond donors (Lipinski definition) is 2. The maximum absolute atomic E-state index is 12.4. The first kappa shape index (κ1) is 24.0. The molecule has 1 fully saturated rings. The maximum Gasteiger partial charge on any atom is 0.286 e. The lowest BCUT2D eigenvalue weighted by Gasteiger charge is -2.32. The van der Waals surface area contributed by atoms with Gasteiger partial charge in [-0.1, -0.05) is 41.7 Å². The molecule has 178 valence electrons. The molecule has 3 aromatic rings. The molecule has 7 nitrogen and oxygen atoms in total. The molecule has 2 amide bonds. The Bertz CT molecular complexity index is 1080. The summed E-state index contributed by atoms with van der Waals surface area (Å²) in [4.78, 5) is 27.1. The Morgan fingerprint density at radius 2 is 1.74 bits per heavy atom. The minimum atomic E-state index is -0.299. The molecule has 0 saturated carbocycles. The number of piperidine rings is 1. The summed E-state index contributed by atoms with van der Waals surface area (Å²) in [6.07, 6.45) is 4.59. The Kier molecular flexibility index (Phi) is 8.38. The van der Waals surface area contributed by atoms with Gasteiger partial charge in [0, 0.05) is 17.8 Å². The number of nitrogens with zero attached hydrogens (tertiary/aromatic N) is 3. The number of likely N-dealkylation sites (tertiary alicyclic amines) is 1. The van der Waals surface area contributed by atoms with E-state index in [0.29, 0.717) is 22.8 Å². The molecule has 0 spiro atoms. The van der Waals surface area contributed by atoms with Crippen LogP contribution in [0, 0.1) is 12.8 Å². The largest absolute Gasteiger partial charge is 0.352 e. The number of carbonyl (C=O) groups excluding carboxylic acids is 2. The van der Waals surface area contributed by atoms with Gasteiger partial charge in [0.05, 0.1) is 0 Å². The van der Waals surface area contributed by atoms with Gasteiger partial charge in [-0.3, -0.25) is 9.59 Å². The van der Waals surface area contributed by atoms with Crippen molar-refractivity contribution in [2.45, 2.75) is 32.6 Å². The van der Waals surface area contributed by atoms with Crippen LogP contribution in [0.1, 0.15) is 50.0 Å². The highest BCUT2D eigenvalue weighted by Crippen LogP contribution is 2.21. The van der Waals surface area contributed by atoms with Gasteiger partial charge in [0.15, 0.2) is 0 Å². The molecule has 34 heavy (non-hydrogen) atoms. The summed E-state index contributed by atoms with van der Waals surface area (Å²) in [5.74, 6) is 0.375. The van der Waals surface area contributed by atoms with Crippen molar-refractivity contribution in [3.8, 4) is 0 Å². The van der Waals surface area contributed by atoms with Gasteiger partial charge >= 0.3 is 0 Å². The number of carbonyl (C=O) groups is 2. The van der Waals surface area contributed by atoms with Crippen LogP contribution in [0.3, 0.4) is 0 Å². The van der Waals surface area contributed by atoms with E-state index in [1.165, 1.54) is 36.2 Å². The Hall–Kier alpha value is -3.10. The number of aryl methyl sites for hydroxylation is 1. The first-order valence-electron chi connectivity index (χ1n) is 11.8. The quantitative estimate of drug-likeness (QED) is 0.452. The van der Waals surface area contributed by atoms with Crippen molar-refractivity contribution in [3.05, 3.63) is 75.7 Å². The molecule has 0 atom stereocenters. The summed E-state index contributed by atoms with van der Waals surface area (Å²) in [7, 11) is 0. The second-order valence-electron chi connectivity index (χ2n) is 8.74. The topological polar surface area (TPSA) is 87.2 Å². The SMILES string of the molecule is Cc1nnc(C(=O)Nc2ccc(C(=O)NCCCN3CCC(Cc4ccccc4)CC3)cc2)s1. The van der Waals surface area contributed by atoms with Gasteiger partial charge in [-0.15, -0.1) is 10.2 Å². The maximum atomic E-state index is 12.4. The van der Waals surface area contributed by atoms with Crippen molar-refractivity contribution in [2.24, 2.45) is 5.92 Å². The normalized spacial score (nSPS) is 14.6. The minimum Gasteiger partial charge on any atom is -0.352 e. The van der Waals surface area contributed by atoms with Gasteiger partial charge in [0.25, 0.3) is 11.8 Å². The van der Waals surface area contributed by atoms with Crippen LogP contribution in [-0.2, 0) is 6.42 Å². The minimum absolute atomic E-state index is 0.0980. The monoisotopic (exact) mass is 477 g/mol. The van der Waals surface area contributed by atoms with Crippen LogP contribution in [-0.4, -0.2) is 53.1 Å². The third-order valence-corrected chi connectivity index (χ3v) is 6.97. The molecule has 2 heterocycles. The second-order valence-corrected chi connectivity index (χ2v) is 9.92. The highest BCUT2D eigenvalue weighted by molar-refractivity contribution is 7.13. The molecule has 8 heteroatoms. The number of benzene rings is 2. The van der Waals surface area contributed by atoms with Gasteiger partial charge < -0.3 is 15.5 Å². The fraction of sp³-hybridized carbons (Fsp3) is 0.385. The van der Waals surface area contributed by atoms with E-state index in [0.717, 1.165) is 37.0 Å². The molecule has 1 aliphatic rings. The van der Waals surface area contributed by atoms with Crippen molar-refractivity contribution in [1.29, 1.82) is 0 Å². The van der Waals surface area contributed by atoms with Gasteiger partial charge in [-0.25, -0.2) is 0 Å². The summed E-state index contributed by atoms with van der Waals surface area (Å²) in [5, 5.41) is 14.5. The summed E-state index contributed by atoms with van der Waals surface area (Å²) < 4.78 is 0. The Labute approximate surface area is 204 Å². The van der Waals surface area contributed by atoms with Gasteiger partial charge in [0.1, 0.15) is 5.01 Å². The lowest BCUT2D eigenvalue weighted by molar-refractivity contribution is 0.0949. The molecule has 2 aromatic carbocycles. The Balaban J connectivity index is 1.12. The number of nitrogens with one attached hydrogen (secondary N) is 2. The van der Waals surface area contributed by atoms with Crippen LogP contribution in [0.25, 0.3) is 0 Å². The molecular formula is C26H31N5O2S. The second kappa shape index (κ2) is 11.9. The molecule has 1 aromatic heterocycles. The lowest BCUT2D eigenvalue weighted by Crippen LogP contribution is -2.36. The smallest absolute Gasteiger partial charge is 0.286 e. The van der Waals surface area contributed by atoms with Crippen molar-refractivity contribution < 1.29 is 9.59 Å². The molecule has 1 aliphatic heterocycles. The predicted octanol–water partition coefficient (Wildman–Crippen LogP) is 4.17. The zero-order valence-corrected chi connectivity index (χ0v) is 20.3. The summed E-state index contributed by atoms with van der Waals surface area (Å²) >= 11 is 1.24. The van der Waals surface area contributed by atoms with Crippen LogP contribution in [0.2, 0.25) is 0 Å². The third kappa shape index (κ3) is 6.95. The molecule has 4 rings (SSSR count). The average molecular weight is 478 g/mol. The van der Waals surface area contributed by atoms with E-state index in [1.807, 2.05) is 0 Å². The lowest BCUT2D eigenvalue weighted by atomic mass is 9.90. The summed E-state index contributed by atoms with van der Waals surface area (Å²) in [6, 6.07) is 17.6. The first-order chi connectivity index (χ1) is 16.6. The van der Waals surface area contributed by atoms with E-state index < -0.39 is 0 Å². The van der Waals surface area contributed by atoms with E-state index in [2.05, 4.69) is 56.1 Å². The van der Waals surface area contributed by atoms with Crippen molar-refractivity contribution in [1.82, 2.24) is 20.4 Å². The van der Waals surface area contributed by atoms with Crippen molar-refractivity contribution >= 4 is 28.8 Å². The third-order valence-electron chi connectivity index (χ3n) is 6.14. The highest BCUT2D eigenvalue weighted by atomic mass is 32.1. The molecule has 0 unspecified atom stereocenters. The zero-order chi connectivity index (χ0) is 23.8. The number of rotatable bonds is 9. The van der Waals surface area contributed by atoms with E-state index in [4.69, 9.17) is 0 Å². The number of hydrogen-bond acceptors (Lipinski definition) is 6. The predicted molar refractivity (Wildman–Crippen MR) is 135 cm³/mol. The van der Waals surface area contributed by atoms with Crippen LogP contribution >= 0.6 is 11.3 Å². The Morgan fingerprint density at radius 3 is 2.41 bits per heavy atom. The number of anilines is 1. The molecule has 0 bridgehead atoms. The number of amides is 2. The van der Waals surface area contributed by atoms with Gasteiger partial charge in [0.2, 0.25) is 5.01 Å². The highest BCUT2D eigenvalue weighted by Gasteiger charge is 2.19. The van der Waals surface area contributed by atoms with Crippen LogP contribution < -0.4 is 10.6 Å². The zero-order valence-electron chi connectivity index (χ0n) is 19.5. The van der Waals surface area contributed by atoms with Gasteiger partial charge in [-0.05, 0) is 88.0 Å². The van der Waals surface area contributed by atoms with Crippen molar-refractivity contribution in [3.63, 3.8) is 0 Å². The van der Waals surface area contributed by atoms with Crippen LogP contribution in [0.15, 0.2) is 54.6 Å². The average Bonchev–Trinajstić information content (AvgIpc) is 3.30. The van der Waals surface area contributed by atoms with Gasteiger partial charge in [-0.2, -0.15) is 0 Å². The number of aromatic nitrogens is 2. The molecule has 2 N–H and O–H groups in total. The van der Waals surface area contributed by atoms with Crippen LogP contribution in [0.5, 0.6) is 0 Å². The van der Waals surface area contributed by atoms with E-state index in [-0.39, 0.29) is 11.8 Å². The summed E-state index contributed by atoms with van der Waals surface area (Å²) in [5.41, 5.74) is 2.63. The van der Waals surface area contributed by atoms with Crippen LogP contribution in [0.4, 0.5) is 5.69 Å². The molecule has 0 radical (unpaired) electrons. The van der Waals surface area contributed by atoms with E-state index >= 15 is 0 Å². The molecule has 0 aliphatic carbocycles. The van der Waals surface area contributed by atoms with E-state index in [9.17, 15) is 9.59 Å². The fourth-order valence-corrected chi connectivity index (χ4v) is 4.83. The van der Waals surface area contributed by atoms with E-state index in [1.54, 1.807) is 31.2 Å². The standard InChI is InChI=1S/C26H31N5O2S/c1-19-29-30-26(34-19)25(33)28-23-10-8-22(9-11-23)24(32)27-14-5-15-31-16-12-21(13-17-31)18-20-6-3-2-4-7-20/h2-4,6-11,21H,5,12-18H2,1H3,(H,27,32)(H,28,33). The fourth-order valence-electron chi connectivity index (χ4n) is 4.25.